The maximum absolute atomic E-state index is 11.8. The smallest absolute Gasteiger partial charge is 0.311 e. The van der Waals surface area contributed by atoms with E-state index >= 15 is 0 Å². The lowest BCUT2D eigenvalue weighted by atomic mass is 10.0. The maximum atomic E-state index is 11.8. The summed E-state index contributed by atoms with van der Waals surface area (Å²) in [6.07, 6.45) is 19.6. The lowest BCUT2D eigenvalue weighted by Gasteiger charge is -2.10. The predicted molar refractivity (Wildman–Crippen MR) is 134 cm³/mol. The molecule has 0 aromatic heterocycles. The molecule has 180 valence electrons. The normalized spacial score (nSPS) is 11.5. The van der Waals surface area contributed by atoms with E-state index < -0.39 is 6.10 Å². The summed E-state index contributed by atoms with van der Waals surface area (Å²) in [5.74, 6) is 0.299. The molecule has 0 amide bonds. The van der Waals surface area contributed by atoms with Gasteiger partial charge < -0.3 is 9.84 Å². The molecule has 1 unspecified atom stereocenters. The molecule has 1 atom stereocenters. The van der Waals surface area contributed by atoms with Crippen LogP contribution in [-0.2, 0) is 4.79 Å². The number of benzene rings is 1. The molecule has 3 heteroatoms. The Morgan fingerprint density at radius 2 is 1.19 bits per heavy atom. The van der Waals surface area contributed by atoms with Crippen LogP contribution in [0.1, 0.15) is 130 Å². The number of aliphatic hydroxyl groups is 1. The second-order valence-electron chi connectivity index (χ2n) is 8.66. The van der Waals surface area contributed by atoms with Crippen LogP contribution in [0.15, 0.2) is 30.3 Å². The molecule has 0 spiro atoms. The molecule has 1 N–H and O–H groups in total. The Morgan fingerprint density at radius 1 is 0.710 bits per heavy atom. The van der Waals surface area contributed by atoms with E-state index in [1.807, 2.05) is 18.2 Å². The molecule has 0 aliphatic heterocycles. The van der Waals surface area contributed by atoms with Gasteiger partial charge in [-0.3, -0.25) is 4.79 Å². The quantitative estimate of drug-likeness (QED) is 0.143. The van der Waals surface area contributed by atoms with Gasteiger partial charge in [-0.05, 0) is 25.0 Å². The van der Waals surface area contributed by atoms with Gasteiger partial charge in [-0.1, -0.05) is 129 Å². The van der Waals surface area contributed by atoms with Crippen LogP contribution in [-0.4, -0.2) is 17.2 Å². The number of rotatable bonds is 18. The molecule has 0 aliphatic carbocycles. The number of esters is 1. The minimum absolute atomic E-state index is 0.269. The molecule has 0 saturated heterocycles. The van der Waals surface area contributed by atoms with Crippen LogP contribution in [0.5, 0.6) is 5.75 Å². The number of hydrogen-bond donors (Lipinski definition) is 1. The zero-order chi connectivity index (χ0) is 23.0. The summed E-state index contributed by atoms with van der Waals surface area (Å²) in [7, 11) is 0. The van der Waals surface area contributed by atoms with Gasteiger partial charge in [0.2, 0.25) is 0 Å². The van der Waals surface area contributed by atoms with Crippen molar-refractivity contribution < 1.29 is 14.6 Å². The molecule has 0 saturated carbocycles. The van der Waals surface area contributed by atoms with Gasteiger partial charge >= 0.3 is 5.97 Å². The first-order valence-electron chi connectivity index (χ1n) is 13.1. The molecule has 1 aromatic carbocycles. The Hall–Kier alpha value is -1.35. The van der Waals surface area contributed by atoms with E-state index in [4.69, 9.17) is 4.74 Å². The van der Waals surface area contributed by atoms with Crippen molar-refractivity contribution in [3.05, 3.63) is 30.3 Å². The average molecular weight is 435 g/mol. The first-order valence-corrected chi connectivity index (χ1v) is 13.1. The molecule has 0 aliphatic rings. The zero-order valence-corrected chi connectivity index (χ0v) is 20.7. The van der Waals surface area contributed by atoms with Crippen LogP contribution in [0.2, 0.25) is 0 Å². The fourth-order valence-corrected chi connectivity index (χ4v) is 3.32. The Bertz CT molecular complexity index is 484. The zero-order valence-electron chi connectivity index (χ0n) is 20.7. The maximum Gasteiger partial charge on any atom is 0.311 e. The van der Waals surface area contributed by atoms with E-state index in [2.05, 4.69) is 20.8 Å². The lowest BCUT2D eigenvalue weighted by molar-refractivity contribution is -0.135. The molecular formula is C28H50O3. The number of ether oxygens (including phenoxy) is 1. The summed E-state index contributed by atoms with van der Waals surface area (Å²) in [6, 6.07) is 9.09. The third-order valence-corrected chi connectivity index (χ3v) is 5.55. The van der Waals surface area contributed by atoms with Gasteiger partial charge in [0.15, 0.2) is 0 Å². The highest BCUT2D eigenvalue weighted by molar-refractivity contribution is 5.72. The van der Waals surface area contributed by atoms with Gasteiger partial charge in [-0.2, -0.15) is 0 Å². The molecular weight excluding hydrogens is 384 g/mol. The molecule has 0 radical (unpaired) electrons. The molecule has 0 bridgehead atoms. The number of carbonyl (C=O) groups is 1. The molecule has 0 fully saturated rings. The molecule has 3 nitrogen and oxygen atoms in total. The van der Waals surface area contributed by atoms with E-state index in [0.29, 0.717) is 12.2 Å². The highest BCUT2D eigenvalue weighted by Gasteiger charge is 2.10. The minimum atomic E-state index is -0.392. The van der Waals surface area contributed by atoms with Crippen molar-refractivity contribution in [2.45, 2.75) is 136 Å². The summed E-state index contributed by atoms with van der Waals surface area (Å²) < 4.78 is 5.23. The second kappa shape index (κ2) is 23.3. The van der Waals surface area contributed by atoms with Gasteiger partial charge in [-0.25, -0.2) is 0 Å². The van der Waals surface area contributed by atoms with Gasteiger partial charge in [0, 0.05) is 6.42 Å². The van der Waals surface area contributed by atoms with Crippen molar-refractivity contribution in [1.82, 2.24) is 0 Å². The lowest BCUT2D eigenvalue weighted by Crippen LogP contribution is -2.13. The second-order valence-corrected chi connectivity index (χ2v) is 8.66. The van der Waals surface area contributed by atoms with Crippen LogP contribution >= 0.6 is 0 Å². The van der Waals surface area contributed by atoms with Crippen LogP contribution in [0.4, 0.5) is 0 Å². The van der Waals surface area contributed by atoms with Crippen LogP contribution in [0.3, 0.4) is 0 Å². The fraction of sp³-hybridized carbons (Fsp3) is 0.750. The van der Waals surface area contributed by atoms with Gasteiger partial charge in [0.05, 0.1) is 6.10 Å². The minimum Gasteiger partial charge on any atom is -0.427 e. The Labute approximate surface area is 193 Å². The van der Waals surface area contributed by atoms with Gasteiger partial charge in [0.25, 0.3) is 0 Å². The molecule has 1 rings (SSSR count). The van der Waals surface area contributed by atoms with Crippen molar-refractivity contribution in [3.63, 3.8) is 0 Å². The van der Waals surface area contributed by atoms with E-state index in [1.54, 1.807) is 12.1 Å². The number of para-hydroxylation sites is 1. The average Bonchev–Trinajstić information content (AvgIpc) is 2.79. The first kappa shape index (κ1) is 29.7. The number of hydrogen-bond acceptors (Lipinski definition) is 3. The number of aliphatic hydroxyl groups excluding tert-OH is 1. The topological polar surface area (TPSA) is 46.5 Å². The van der Waals surface area contributed by atoms with Gasteiger partial charge in [-0.15, -0.1) is 0 Å². The monoisotopic (exact) mass is 434 g/mol. The largest absolute Gasteiger partial charge is 0.427 e. The van der Waals surface area contributed by atoms with E-state index in [1.165, 1.54) is 83.5 Å². The van der Waals surface area contributed by atoms with Crippen molar-refractivity contribution >= 4 is 5.97 Å². The van der Waals surface area contributed by atoms with Gasteiger partial charge in [0.1, 0.15) is 5.75 Å². The molecule has 31 heavy (non-hydrogen) atoms. The van der Waals surface area contributed by atoms with E-state index in [0.717, 1.165) is 12.8 Å². The Kier molecular flexibility index (Phi) is 22.3. The summed E-state index contributed by atoms with van der Waals surface area (Å²) in [6.45, 7) is 6.62. The SMILES string of the molecule is CCCC.CCCCCCCCCCCCCCC(O)CCC(=O)Oc1ccccc1. The number of unbranched alkanes of at least 4 members (excludes halogenated alkanes) is 12. The van der Waals surface area contributed by atoms with Crippen molar-refractivity contribution in [3.8, 4) is 5.75 Å². The fourth-order valence-electron chi connectivity index (χ4n) is 3.32. The van der Waals surface area contributed by atoms with Crippen LogP contribution in [0, 0.1) is 0 Å². The molecule has 0 heterocycles. The van der Waals surface area contributed by atoms with Crippen molar-refractivity contribution in [2.75, 3.05) is 0 Å². The Morgan fingerprint density at radius 3 is 1.68 bits per heavy atom. The van der Waals surface area contributed by atoms with Crippen LogP contribution < -0.4 is 4.74 Å². The van der Waals surface area contributed by atoms with E-state index in [-0.39, 0.29) is 12.4 Å². The van der Waals surface area contributed by atoms with Crippen LogP contribution in [0.25, 0.3) is 0 Å². The molecule has 1 aromatic rings. The van der Waals surface area contributed by atoms with Crippen molar-refractivity contribution in [2.24, 2.45) is 0 Å². The van der Waals surface area contributed by atoms with E-state index in [9.17, 15) is 9.90 Å². The first-order chi connectivity index (χ1) is 15.1. The Balaban J connectivity index is 0.00000206. The summed E-state index contributed by atoms with van der Waals surface area (Å²) in [5.41, 5.74) is 0. The summed E-state index contributed by atoms with van der Waals surface area (Å²) in [4.78, 5) is 11.8. The number of carbonyl (C=O) groups excluding carboxylic acids is 1. The summed E-state index contributed by atoms with van der Waals surface area (Å²) in [5, 5.41) is 10.0. The standard InChI is InChI=1S/C24H40O3.C4H10/c1-2-3-4-5-6-7-8-9-10-11-12-14-17-22(25)20-21-24(26)27-23-18-15-13-16-19-23;1-3-4-2/h13,15-16,18-19,22,25H,2-12,14,17,20-21H2,1H3;3-4H2,1-2H3. The summed E-state index contributed by atoms with van der Waals surface area (Å²) >= 11 is 0. The third-order valence-electron chi connectivity index (χ3n) is 5.55. The van der Waals surface area contributed by atoms with Crippen molar-refractivity contribution in [1.29, 1.82) is 0 Å². The highest BCUT2D eigenvalue weighted by Crippen LogP contribution is 2.15. The third kappa shape index (κ3) is 21.7. The predicted octanol–water partition coefficient (Wildman–Crippen LogP) is 8.63. The highest BCUT2D eigenvalue weighted by atomic mass is 16.5.